The summed E-state index contributed by atoms with van der Waals surface area (Å²) in [5.74, 6) is 3.24. The van der Waals surface area contributed by atoms with E-state index in [0.29, 0.717) is 5.56 Å². The van der Waals surface area contributed by atoms with E-state index in [0.717, 1.165) is 23.7 Å². The number of amides is 1. The van der Waals surface area contributed by atoms with Crippen LogP contribution in [0, 0.1) is 11.8 Å². The molecule has 1 aromatic rings. The Morgan fingerprint density at radius 1 is 1.36 bits per heavy atom. The lowest BCUT2D eigenvalue weighted by atomic mass is 9.78. The molecular formula is C12H11NO. The van der Waals surface area contributed by atoms with Gasteiger partial charge in [0.2, 0.25) is 5.91 Å². The summed E-state index contributed by atoms with van der Waals surface area (Å²) in [4.78, 5) is 11.0. The van der Waals surface area contributed by atoms with Crippen molar-refractivity contribution in [2.75, 3.05) is 0 Å². The molecular weight excluding hydrogens is 174 g/mol. The molecule has 0 aromatic heterocycles. The molecule has 0 saturated heterocycles. The maximum absolute atomic E-state index is 11.0. The minimum atomic E-state index is -0.302. The van der Waals surface area contributed by atoms with Crippen LogP contribution >= 0.6 is 0 Å². The summed E-state index contributed by atoms with van der Waals surface area (Å²) in [5.41, 5.74) is 8.86. The highest BCUT2D eigenvalue weighted by atomic mass is 16.1. The fraction of sp³-hybridized carbons (Fsp3) is 0.417. The summed E-state index contributed by atoms with van der Waals surface area (Å²) in [6.45, 7) is 0. The van der Waals surface area contributed by atoms with Crippen molar-refractivity contribution in [3.63, 3.8) is 0 Å². The van der Waals surface area contributed by atoms with Gasteiger partial charge in [-0.2, -0.15) is 0 Å². The monoisotopic (exact) mass is 185 g/mol. The lowest BCUT2D eigenvalue weighted by molar-refractivity contribution is 0.1000. The minimum absolute atomic E-state index is 0.302. The van der Waals surface area contributed by atoms with Crippen LogP contribution in [-0.2, 0) is 0 Å². The van der Waals surface area contributed by atoms with E-state index in [1.54, 1.807) is 0 Å². The molecule has 14 heavy (non-hydrogen) atoms. The topological polar surface area (TPSA) is 43.1 Å². The van der Waals surface area contributed by atoms with Crippen LogP contribution in [0.15, 0.2) is 18.2 Å². The summed E-state index contributed by atoms with van der Waals surface area (Å²) in [6.07, 6.45) is 1.35. The Kier molecular flexibility index (Phi) is 0.944. The van der Waals surface area contributed by atoms with E-state index in [4.69, 9.17) is 5.73 Å². The molecule has 0 bridgehead atoms. The molecule has 0 heterocycles. The normalized spacial score (nSPS) is 39.7. The Labute approximate surface area is 82.1 Å². The van der Waals surface area contributed by atoms with Crippen molar-refractivity contribution >= 4 is 5.91 Å². The molecule has 0 aliphatic heterocycles. The number of fused-ring (bicyclic) bond motifs is 4. The van der Waals surface area contributed by atoms with Gasteiger partial charge < -0.3 is 5.73 Å². The second-order valence-electron chi connectivity index (χ2n) is 4.82. The maximum atomic E-state index is 11.0. The van der Waals surface area contributed by atoms with E-state index in [2.05, 4.69) is 6.07 Å². The van der Waals surface area contributed by atoms with Crippen LogP contribution in [0.4, 0.5) is 0 Å². The molecule has 0 spiro atoms. The van der Waals surface area contributed by atoms with Crippen LogP contribution < -0.4 is 5.73 Å². The minimum Gasteiger partial charge on any atom is -0.366 e. The average Bonchev–Trinajstić information content (AvgIpc) is 2.62. The first kappa shape index (κ1) is 7.04. The number of hydrogen-bond donors (Lipinski definition) is 1. The van der Waals surface area contributed by atoms with Crippen molar-refractivity contribution in [3.05, 3.63) is 34.9 Å². The number of hydrogen-bond acceptors (Lipinski definition) is 1. The molecule has 1 aromatic carbocycles. The first-order valence-electron chi connectivity index (χ1n) is 5.21. The molecule has 4 atom stereocenters. The first-order valence-corrected chi connectivity index (χ1v) is 5.21. The van der Waals surface area contributed by atoms with E-state index in [1.165, 1.54) is 17.5 Å². The summed E-state index contributed by atoms with van der Waals surface area (Å²) < 4.78 is 0. The van der Waals surface area contributed by atoms with Gasteiger partial charge >= 0.3 is 0 Å². The summed E-state index contributed by atoms with van der Waals surface area (Å²) >= 11 is 0. The second kappa shape index (κ2) is 1.88. The van der Waals surface area contributed by atoms with Crippen LogP contribution in [0.5, 0.6) is 0 Å². The van der Waals surface area contributed by atoms with Crippen LogP contribution in [0.3, 0.4) is 0 Å². The van der Waals surface area contributed by atoms with Crippen molar-refractivity contribution in [2.24, 2.45) is 17.6 Å². The van der Waals surface area contributed by atoms with Crippen LogP contribution in [0.2, 0.25) is 0 Å². The average molecular weight is 185 g/mol. The van der Waals surface area contributed by atoms with Gasteiger partial charge in [0, 0.05) is 5.56 Å². The number of rotatable bonds is 1. The number of carbonyl (C=O) groups is 1. The lowest BCUT2D eigenvalue weighted by Crippen LogP contribution is -2.17. The van der Waals surface area contributed by atoms with Gasteiger partial charge in [-0.3, -0.25) is 4.79 Å². The third-order valence-corrected chi connectivity index (χ3v) is 4.35. The van der Waals surface area contributed by atoms with Crippen LogP contribution in [0.1, 0.15) is 39.7 Å². The largest absolute Gasteiger partial charge is 0.366 e. The second-order valence-corrected chi connectivity index (χ2v) is 4.82. The molecule has 3 aliphatic carbocycles. The predicted molar refractivity (Wildman–Crippen MR) is 52.0 cm³/mol. The van der Waals surface area contributed by atoms with E-state index in [-0.39, 0.29) is 5.91 Å². The van der Waals surface area contributed by atoms with Gasteiger partial charge in [0.15, 0.2) is 0 Å². The van der Waals surface area contributed by atoms with Crippen molar-refractivity contribution in [2.45, 2.75) is 18.3 Å². The summed E-state index contributed by atoms with van der Waals surface area (Å²) in [5, 5.41) is 0. The van der Waals surface area contributed by atoms with Gasteiger partial charge in [0.1, 0.15) is 0 Å². The molecule has 2 fully saturated rings. The Balaban J connectivity index is 1.90. The first-order chi connectivity index (χ1) is 6.77. The molecule has 2 nitrogen and oxygen atoms in total. The fourth-order valence-corrected chi connectivity index (χ4v) is 3.63. The van der Waals surface area contributed by atoms with E-state index in [1.807, 2.05) is 12.1 Å². The Hall–Kier alpha value is -1.31. The highest BCUT2D eigenvalue weighted by Gasteiger charge is 2.68. The van der Waals surface area contributed by atoms with Gasteiger partial charge in [-0.25, -0.2) is 0 Å². The smallest absolute Gasteiger partial charge is 0.248 e. The van der Waals surface area contributed by atoms with Gasteiger partial charge in [0.05, 0.1) is 0 Å². The molecule has 2 heteroatoms. The number of carbonyl (C=O) groups excluding carboxylic acids is 1. The van der Waals surface area contributed by atoms with Gasteiger partial charge in [-0.1, -0.05) is 6.07 Å². The molecule has 0 unspecified atom stereocenters. The molecule has 70 valence electrons. The zero-order valence-corrected chi connectivity index (χ0v) is 7.73. The van der Waals surface area contributed by atoms with Crippen LogP contribution in [0.25, 0.3) is 0 Å². The number of primary amides is 1. The van der Waals surface area contributed by atoms with Crippen molar-refractivity contribution in [3.8, 4) is 0 Å². The zero-order valence-electron chi connectivity index (χ0n) is 7.73. The summed E-state index contributed by atoms with van der Waals surface area (Å²) in [7, 11) is 0. The number of benzene rings is 1. The highest BCUT2D eigenvalue weighted by molar-refractivity contribution is 5.93. The highest BCUT2D eigenvalue weighted by Crippen LogP contribution is 2.78. The van der Waals surface area contributed by atoms with Crippen molar-refractivity contribution < 1.29 is 4.79 Å². The Morgan fingerprint density at radius 3 is 3.00 bits per heavy atom. The third-order valence-electron chi connectivity index (χ3n) is 4.35. The SMILES string of the molecule is NC(=O)c1ccc2c(c1)[C@@H]1C[C@@H]3[C@@H]2[C@H]31. The maximum Gasteiger partial charge on any atom is 0.248 e. The quantitative estimate of drug-likeness (QED) is 0.709. The van der Waals surface area contributed by atoms with Crippen molar-refractivity contribution in [1.82, 2.24) is 0 Å². The van der Waals surface area contributed by atoms with Crippen molar-refractivity contribution in [1.29, 1.82) is 0 Å². The lowest BCUT2D eigenvalue weighted by Gasteiger charge is -2.26. The molecule has 3 aliphatic rings. The molecule has 2 saturated carbocycles. The van der Waals surface area contributed by atoms with E-state index >= 15 is 0 Å². The van der Waals surface area contributed by atoms with Gasteiger partial charge in [-0.05, 0) is 53.4 Å². The molecule has 4 rings (SSSR count). The van der Waals surface area contributed by atoms with E-state index in [9.17, 15) is 4.79 Å². The molecule has 0 radical (unpaired) electrons. The predicted octanol–water partition coefficient (Wildman–Crippen LogP) is 1.62. The third kappa shape index (κ3) is 0.578. The fourth-order valence-electron chi connectivity index (χ4n) is 3.63. The molecule has 2 N–H and O–H groups in total. The van der Waals surface area contributed by atoms with Gasteiger partial charge in [0.25, 0.3) is 0 Å². The van der Waals surface area contributed by atoms with E-state index < -0.39 is 0 Å². The van der Waals surface area contributed by atoms with Crippen LogP contribution in [-0.4, -0.2) is 5.91 Å². The Bertz CT molecular complexity index is 465. The molecule has 1 amide bonds. The zero-order chi connectivity index (χ0) is 9.45. The van der Waals surface area contributed by atoms with Gasteiger partial charge in [-0.15, -0.1) is 0 Å². The Morgan fingerprint density at radius 2 is 2.21 bits per heavy atom. The number of nitrogens with two attached hydrogens (primary N) is 1. The standard InChI is InChI=1S/C12H11NO/c13-12(14)5-1-2-6-7(3-5)8-4-9-10(6)11(8)9/h1-3,8-11H,4H2,(H2,13,14)/t8-,9+,10+,11-/m0/s1. The summed E-state index contributed by atoms with van der Waals surface area (Å²) in [6, 6.07) is 6.01.